The van der Waals surface area contributed by atoms with Gasteiger partial charge in [-0.05, 0) is 49.7 Å². The number of hydrogen-bond acceptors (Lipinski definition) is 8. The quantitative estimate of drug-likeness (QED) is 0.457. The number of methoxy groups -OCH3 is 2. The highest BCUT2D eigenvalue weighted by Gasteiger charge is 2.12. The molecule has 0 fully saturated rings. The number of rotatable bonds is 7. The van der Waals surface area contributed by atoms with Crippen LogP contribution >= 0.6 is 0 Å². The standard InChI is InChI=1S/C22H23N7O3/c1-13(2)24-20(30)16-6-5-7-18(25-16)26-22-27-19-11-14(8-9-29(19)28-22)15-10-17(31-3)21(32-4)23-12-15/h5-13H,1-4H3,(H,24,30)(H,25,26,28). The van der Waals surface area contributed by atoms with E-state index in [4.69, 9.17) is 9.47 Å². The molecule has 164 valence electrons. The Kier molecular flexibility index (Phi) is 5.84. The minimum absolute atomic E-state index is 0.0242. The second-order valence-corrected chi connectivity index (χ2v) is 7.25. The molecule has 0 radical (unpaired) electrons. The van der Waals surface area contributed by atoms with Crippen molar-refractivity contribution in [1.82, 2.24) is 29.9 Å². The molecule has 0 saturated heterocycles. The highest BCUT2D eigenvalue weighted by molar-refractivity contribution is 5.92. The van der Waals surface area contributed by atoms with E-state index in [0.29, 0.717) is 34.7 Å². The highest BCUT2D eigenvalue weighted by atomic mass is 16.5. The van der Waals surface area contributed by atoms with Gasteiger partial charge in [-0.25, -0.2) is 14.5 Å². The third kappa shape index (κ3) is 4.43. The number of amides is 1. The van der Waals surface area contributed by atoms with Crippen molar-refractivity contribution >= 4 is 23.3 Å². The van der Waals surface area contributed by atoms with Gasteiger partial charge >= 0.3 is 0 Å². The minimum atomic E-state index is -0.236. The lowest BCUT2D eigenvalue weighted by atomic mass is 10.1. The first-order valence-electron chi connectivity index (χ1n) is 9.96. The number of carbonyl (C=O) groups excluding carboxylic acids is 1. The molecule has 0 atom stereocenters. The van der Waals surface area contributed by atoms with Gasteiger partial charge in [0.2, 0.25) is 5.95 Å². The topological polar surface area (TPSA) is 116 Å². The summed E-state index contributed by atoms with van der Waals surface area (Å²) in [4.78, 5) is 25.3. The Morgan fingerprint density at radius 1 is 1.06 bits per heavy atom. The Morgan fingerprint density at radius 2 is 1.91 bits per heavy atom. The van der Waals surface area contributed by atoms with Crippen LogP contribution in [-0.2, 0) is 0 Å². The van der Waals surface area contributed by atoms with E-state index in [1.54, 1.807) is 49.3 Å². The number of carbonyl (C=O) groups is 1. The SMILES string of the molecule is COc1cc(-c2ccn3nc(Nc4cccc(C(=O)NC(C)C)n4)nc3c2)cnc1OC. The average Bonchev–Trinajstić information content (AvgIpc) is 3.19. The van der Waals surface area contributed by atoms with Crippen molar-refractivity contribution in [2.24, 2.45) is 0 Å². The van der Waals surface area contributed by atoms with Gasteiger partial charge in [-0.1, -0.05) is 6.07 Å². The third-order valence-corrected chi connectivity index (χ3v) is 4.54. The Hall–Kier alpha value is -4.21. The van der Waals surface area contributed by atoms with Crippen molar-refractivity contribution in [2.45, 2.75) is 19.9 Å². The molecule has 4 aromatic heterocycles. The molecule has 32 heavy (non-hydrogen) atoms. The predicted molar refractivity (Wildman–Crippen MR) is 119 cm³/mol. The summed E-state index contributed by atoms with van der Waals surface area (Å²) in [5, 5.41) is 10.3. The molecule has 0 unspecified atom stereocenters. The number of pyridine rings is 3. The summed E-state index contributed by atoms with van der Waals surface area (Å²) in [7, 11) is 3.11. The number of aromatic nitrogens is 5. The molecule has 2 N–H and O–H groups in total. The largest absolute Gasteiger partial charge is 0.491 e. The molecule has 10 nitrogen and oxygen atoms in total. The van der Waals surface area contributed by atoms with Crippen LogP contribution in [0.2, 0.25) is 0 Å². The summed E-state index contributed by atoms with van der Waals surface area (Å²) >= 11 is 0. The van der Waals surface area contributed by atoms with E-state index in [9.17, 15) is 4.79 Å². The van der Waals surface area contributed by atoms with Gasteiger partial charge in [0, 0.05) is 24.0 Å². The molecule has 0 aliphatic carbocycles. The smallest absolute Gasteiger partial charge is 0.270 e. The van der Waals surface area contributed by atoms with Crippen LogP contribution in [0.3, 0.4) is 0 Å². The van der Waals surface area contributed by atoms with Gasteiger partial charge in [-0.15, -0.1) is 5.10 Å². The van der Waals surface area contributed by atoms with Gasteiger partial charge < -0.3 is 20.1 Å². The Labute approximate surface area is 184 Å². The van der Waals surface area contributed by atoms with E-state index in [1.807, 2.05) is 32.0 Å². The maximum atomic E-state index is 12.2. The van der Waals surface area contributed by atoms with E-state index < -0.39 is 0 Å². The molecule has 0 bridgehead atoms. The number of nitrogens with zero attached hydrogens (tertiary/aromatic N) is 5. The number of ether oxygens (including phenoxy) is 2. The predicted octanol–water partition coefficient (Wildman–Crippen LogP) is 3.09. The fraction of sp³-hybridized carbons (Fsp3) is 0.227. The van der Waals surface area contributed by atoms with Crippen LogP contribution in [0, 0.1) is 0 Å². The molecule has 0 saturated carbocycles. The van der Waals surface area contributed by atoms with Gasteiger partial charge in [0.05, 0.1) is 14.2 Å². The maximum Gasteiger partial charge on any atom is 0.270 e. The van der Waals surface area contributed by atoms with Gasteiger partial charge in [0.1, 0.15) is 11.5 Å². The van der Waals surface area contributed by atoms with Crippen molar-refractivity contribution in [3.63, 3.8) is 0 Å². The second kappa shape index (κ2) is 8.88. The summed E-state index contributed by atoms with van der Waals surface area (Å²) in [5.74, 6) is 1.56. The lowest BCUT2D eigenvalue weighted by Gasteiger charge is -2.08. The molecule has 0 spiro atoms. The summed E-state index contributed by atoms with van der Waals surface area (Å²) in [5.41, 5.74) is 2.70. The first-order chi connectivity index (χ1) is 15.5. The number of nitrogens with one attached hydrogen (secondary N) is 2. The molecule has 10 heteroatoms. The molecular weight excluding hydrogens is 410 g/mol. The lowest BCUT2D eigenvalue weighted by molar-refractivity contribution is 0.0938. The van der Waals surface area contributed by atoms with E-state index in [1.165, 1.54) is 0 Å². The third-order valence-electron chi connectivity index (χ3n) is 4.54. The molecule has 0 aliphatic rings. The average molecular weight is 433 g/mol. The minimum Gasteiger partial charge on any atom is -0.491 e. The highest BCUT2D eigenvalue weighted by Crippen LogP contribution is 2.30. The zero-order chi connectivity index (χ0) is 22.7. The van der Waals surface area contributed by atoms with E-state index >= 15 is 0 Å². The molecule has 4 heterocycles. The fourth-order valence-electron chi connectivity index (χ4n) is 3.08. The fourth-order valence-corrected chi connectivity index (χ4v) is 3.08. The number of fused-ring (bicyclic) bond motifs is 1. The Bertz CT molecular complexity index is 1270. The van der Waals surface area contributed by atoms with Gasteiger partial charge in [-0.3, -0.25) is 4.79 Å². The molecule has 0 aromatic carbocycles. The van der Waals surface area contributed by atoms with Crippen LogP contribution < -0.4 is 20.1 Å². The van der Waals surface area contributed by atoms with Crippen LogP contribution in [0.25, 0.3) is 16.8 Å². The van der Waals surface area contributed by atoms with Gasteiger partial charge in [-0.2, -0.15) is 4.98 Å². The normalized spacial score (nSPS) is 10.9. The summed E-state index contributed by atoms with van der Waals surface area (Å²) in [6.07, 6.45) is 3.51. The first-order valence-corrected chi connectivity index (χ1v) is 9.96. The zero-order valence-corrected chi connectivity index (χ0v) is 18.2. The van der Waals surface area contributed by atoms with Gasteiger partial charge in [0.15, 0.2) is 11.4 Å². The Morgan fingerprint density at radius 3 is 2.66 bits per heavy atom. The molecule has 1 amide bonds. The summed E-state index contributed by atoms with van der Waals surface area (Å²) in [6, 6.07) is 10.8. The first kappa shape index (κ1) is 21.0. The van der Waals surface area contributed by atoms with Crippen molar-refractivity contribution in [2.75, 3.05) is 19.5 Å². The summed E-state index contributed by atoms with van der Waals surface area (Å²) < 4.78 is 12.2. The van der Waals surface area contributed by atoms with Crippen molar-refractivity contribution < 1.29 is 14.3 Å². The van der Waals surface area contributed by atoms with Crippen molar-refractivity contribution in [1.29, 1.82) is 0 Å². The van der Waals surface area contributed by atoms with Crippen LogP contribution in [0.5, 0.6) is 11.6 Å². The van der Waals surface area contributed by atoms with Crippen LogP contribution in [0.15, 0.2) is 48.8 Å². The van der Waals surface area contributed by atoms with Crippen LogP contribution in [0.4, 0.5) is 11.8 Å². The lowest BCUT2D eigenvalue weighted by Crippen LogP contribution is -2.30. The van der Waals surface area contributed by atoms with Crippen molar-refractivity contribution in [3.05, 3.63) is 54.5 Å². The van der Waals surface area contributed by atoms with E-state index in [-0.39, 0.29) is 11.9 Å². The molecular formula is C22H23N7O3. The van der Waals surface area contributed by atoms with Crippen molar-refractivity contribution in [3.8, 4) is 22.8 Å². The molecule has 4 aromatic rings. The molecule has 0 aliphatic heterocycles. The number of anilines is 2. The van der Waals surface area contributed by atoms with Crippen LogP contribution in [-0.4, -0.2) is 50.7 Å². The van der Waals surface area contributed by atoms with Crippen LogP contribution in [0.1, 0.15) is 24.3 Å². The monoisotopic (exact) mass is 433 g/mol. The van der Waals surface area contributed by atoms with E-state index in [0.717, 1.165) is 11.1 Å². The van der Waals surface area contributed by atoms with E-state index in [2.05, 4.69) is 30.7 Å². The maximum absolute atomic E-state index is 12.2. The second-order valence-electron chi connectivity index (χ2n) is 7.25. The number of hydrogen-bond donors (Lipinski definition) is 2. The molecule has 4 rings (SSSR count). The zero-order valence-electron chi connectivity index (χ0n) is 18.2. The Balaban J connectivity index is 1.58. The summed E-state index contributed by atoms with van der Waals surface area (Å²) in [6.45, 7) is 3.79. The van der Waals surface area contributed by atoms with Gasteiger partial charge in [0.25, 0.3) is 11.8 Å².